The van der Waals surface area contributed by atoms with Gasteiger partial charge in [0.25, 0.3) is 0 Å². The van der Waals surface area contributed by atoms with Gasteiger partial charge in [0.15, 0.2) is 0 Å². The number of hydrogen-bond donors (Lipinski definition) is 2. The van der Waals surface area contributed by atoms with Gasteiger partial charge in [0.1, 0.15) is 25.0 Å². The van der Waals surface area contributed by atoms with E-state index in [2.05, 4.69) is 6.58 Å². The lowest BCUT2D eigenvalue weighted by molar-refractivity contribution is -0.911. The minimum absolute atomic E-state index is 0.192. The number of methoxy groups -OCH3 is 1. The quantitative estimate of drug-likeness (QED) is 0.643. The minimum Gasteiger partial charge on any atom is -0.385 e. The molecule has 130 valence electrons. The van der Waals surface area contributed by atoms with Gasteiger partial charge in [-0.1, -0.05) is 24.8 Å². The summed E-state index contributed by atoms with van der Waals surface area (Å²) in [5.41, 5.74) is 1.76. The first kappa shape index (κ1) is 18.4. The molecule has 0 saturated carbocycles. The van der Waals surface area contributed by atoms with Crippen molar-refractivity contribution < 1.29 is 19.1 Å². The first-order chi connectivity index (χ1) is 11.6. The molecule has 0 aliphatic rings. The molecule has 0 spiro atoms. The molecule has 5 heteroatoms. The van der Waals surface area contributed by atoms with Crippen LogP contribution in [0.2, 0.25) is 0 Å². The molecule has 1 heterocycles. The highest BCUT2D eigenvalue weighted by Gasteiger charge is 2.16. The van der Waals surface area contributed by atoms with Crippen LogP contribution in [0, 0.1) is 5.82 Å². The molecule has 4 nitrogen and oxygen atoms in total. The van der Waals surface area contributed by atoms with Gasteiger partial charge in [-0.15, -0.1) is 0 Å². The Bertz CT molecular complexity index is 642. The van der Waals surface area contributed by atoms with Crippen LogP contribution in [0.3, 0.4) is 0 Å². The number of quaternary nitrogens is 1. The molecule has 1 aromatic heterocycles. The Balaban J connectivity index is 2.07. The van der Waals surface area contributed by atoms with Crippen molar-refractivity contribution in [3.8, 4) is 0 Å². The van der Waals surface area contributed by atoms with Gasteiger partial charge in [0.05, 0.1) is 25.4 Å². The third-order valence-electron chi connectivity index (χ3n) is 3.97. The van der Waals surface area contributed by atoms with Gasteiger partial charge < -0.3 is 19.3 Å². The van der Waals surface area contributed by atoms with Gasteiger partial charge in [-0.3, -0.25) is 0 Å². The van der Waals surface area contributed by atoms with Crippen molar-refractivity contribution in [1.82, 2.24) is 4.57 Å². The van der Waals surface area contributed by atoms with Crippen molar-refractivity contribution in [2.75, 3.05) is 26.8 Å². The third-order valence-corrected chi connectivity index (χ3v) is 3.97. The van der Waals surface area contributed by atoms with E-state index < -0.39 is 6.10 Å². The van der Waals surface area contributed by atoms with Crippen LogP contribution in [0.4, 0.5) is 4.39 Å². The van der Waals surface area contributed by atoms with Crippen molar-refractivity contribution in [3.63, 3.8) is 0 Å². The van der Waals surface area contributed by atoms with Crippen molar-refractivity contribution in [3.05, 3.63) is 72.3 Å². The van der Waals surface area contributed by atoms with E-state index in [9.17, 15) is 9.50 Å². The smallest absolute Gasteiger partial charge is 0.128 e. The number of halogens is 1. The van der Waals surface area contributed by atoms with Gasteiger partial charge in [0, 0.05) is 18.9 Å². The Morgan fingerprint density at radius 3 is 2.83 bits per heavy atom. The van der Waals surface area contributed by atoms with Crippen LogP contribution < -0.4 is 4.90 Å². The molecule has 0 saturated heterocycles. The minimum atomic E-state index is -0.514. The van der Waals surface area contributed by atoms with Crippen LogP contribution in [0.1, 0.15) is 11.3 Å². The molecule has 24 heavy (non-hydrogen) atoms. The van der Waals surface area contributed by atoms with Crippen LogP contribution in [0.25, 0.3) is 0 Å². The molecular formula is C19H26FN2O2+. The Morgan fingerprint density at radius 2 is 2.12 bits per heavy atom. The van der Waals surface area contributed by atoms with E-state index in [0.29, 0.717) is 25.3 Å². The number of aliphatic hydroxyl groups is 1. The summed E-state index contributed by atoms with van der Waals surface area (Å²) in [4.78, 5) is 1.18. The van der Waals surface area contributed by atoms with E-state index in [1.807, 2.05) is 35.0 Å². The summed E-state index contributed by atoms with van der Waals surface area (Å²) in [5, 5.41) is 9.98. The molecule has 2 N–H and O–H groups in total. The van der Waals surface area contributed by atoms with E-state index in [1.165, 1.54) is 11.0 Å². The lowest BCUT2D eigenvalue weighted by atomic mass is 10.2. The average molecular weight is 333 g/mol. The topological polar surface area (TPSA) is 38.8 Å². The zero-order chi connectivity index (χ0) is 17.4. The largest absolute Gasteiger partial charge is 0.385 e. The van der Waals surface area contributed by atoms with E-state index in [-0.39, 0.29) is 5.82 Å². The van der Waals surface area contributed by atoms with Gasteiger partial charge in [-0.2, -0.15) is 0 Å². The number of aliphatic hydroxyl groups excluding tert-OH is 1. The second kappa shape index (κ2) is 9.37. The van der Waals surface area contributed by atoms with Crippen LogP contribution in [0.5, 0.6) is 0 Å². The predicted molar refractivity (Wildman–Crippen MR) is 92.4 cm³/mol. The van der Waals surface area contributed by atoms with Crippen molar-refractivity contribution in [1.29, 1.82) is 0 Å². The maximum Gasteiger partial charge on any atom is 0.128 e. The number of nitrogens with one attached hydrogen (secondary N) is 1. The third kappa shape index (κ3) is 5.30. The lowest BCUT2D eigenvalue weighted by Crippen LogP contribution is -3.11. The summed E-state index contributed by atoms with van der Waals surface area (Å²) in [7, 11) is 1.58. The molecule has 0 radical (unpaired) electrons. The van der Waals surface area contributed by atoms with E-state index in [4.69, 9.17) is 4.74 Å². The average Bonchev–Trinajstić information content (AvgIpc) is 2.97. The number of aromatic nitrogens is 1. The summed E-state index contributed by atoms with van der Waals surface area (Å²) in [5.74, 6) is -0.192. The fraction of sp³-hybridized carbons (Fsp3) is 0.368. The Kier molecular flexibility index (Phi) is 7.18. The molecule has 2 rings (SSSR count). The maximum atomic E-state index is 13.9. The second-order valence-corrected chi connectivity index (χ2v) is 5.95. The summed E-state index contributed by atoms with van der Waals surface area (Å²) < 4.78 is 20.9. The number of hydrogen-bond acceptors (Lipinski definition) is 2. The number of nitrogens with zero attached hydrogens (tertiary/aromatic N) is 1. The first-order valence-electron chi connectivity index (χ1n) is 8.13. The summed E-state index contributed by atoms with van der Waals surface area (Å²) >= 11 is 0. The summed E-state index contributed by atoms with van der Waals surface area (Å²) in [6, 6.07) is 10.8. The number of rotatable bonds is 10. The lowest BCUT2D eigenvalue weighted by Gasteiger charge is -2.21. The van der Waals surface area contributed by atoms with Gasteiger partial charge in [-0.05, 0) is 24.3 Å². The predicted octanol–water partition coefficient (Wildman–Crippen LogP) is 1.25. The molecule has 0 fully saturated rings. The molecule has 2 atom stereocenters. The normalized spacial score (nSPS) is 13.6. The second-order valence-electron chi connectivity index (χ2n) is 5.95. The molecule has 0 bridgehead atoms. The summed E-state index contributed by atoms with van der Waals surface area (Å²) in [6.07, 6.45) is 3.29. The fourth-order valence-electron chi connectivity index (χ4n) is 2.85. The standard InChI is InChI=1S/C19H25FN2O2/c1-3-10-21(14-18(23)15-24-2)13-17-8-6-11-22(17)12-16-7-4-5-9-19(16)20/h3-9,11,18,23H,1,10,12-15H2,2H3/p+1/t18-/m0/s1. The van der Waals surface area contributed by atoms with Gasteiger partial charge in [-0.25, -0.2) is 4.39 Å². The molecule has 1 unspecified atom stereocenters. The van der Waals surface area contributed by atoms with E-state index >= 15 is 0 Å². The van der Waals surface area contributed by atoms with Crippen molar-refractivity contribution in [2.45, 2.75) is 19.2 Å². The number of benzene rings is 1. The van der Waals surface area contributed by atoms with Gasteiger partial charge >= 0.3 is 0 Å². The number of ether oxygens (including phenoxy) is 1. The van der Waals surface area contributed by atoms with Gasteiger partial charge in [0.2, 0.25) is 0 Å². The van der Waals surface area contributed by atoms with E-state index in [1.54, 1.807) is 19.2 Å². The van der Waals surface area contributed by atoms with Crippen LogP contribution >= 0.6 is 0 Å². The van der Waals surface area contributed by atoms with Crippen molar-refractivity contribution >= 4 is 0 Å². The highest BCUT2D eigenvalue weighted by molar-refractivity contribution is 5.19. The van der Waals surface area contributed by atoms with E-state index in [0.717, 1.165) is 18.8 Å². The zero-order valence-electron chi connectivity index (χ0n) is 14.1. The van der Waals surface area contributed by atoms with Crippen LogP contribution in [-0.4, -0.2) is 42.6 Å². The highest BCUT2D eigenvalue weighted by atomic mass is 19.1. The zero-order valence-corrected chi connectivity index (χ0v) is 14.1. The molecule has 1 aromatic carbocycles. The van der Waals surface area contributed by atoms with Crippen molar-refractivity contribution in [2.24, 2.45) is 0 Å². The SMILES string of the molecule is C=CC[NH+](Cc1cccn1Cc1ccccc1F)C[C@H](O)COC. The molecular weight excluding hydrogens is 307 g/mol. The first-order valence-corrected chi connectivity index (χ1v) is 8.13. The molecule has 0 aliphatic carbocycles. The fourth-order valence-corrected chi connectivity index (χ4v) is 2.85. The Morgan fingerprint density at radius 1 is 1.33 bits per heavy atom. The Labute approximate surface area is 142 Å². The summed E-state index contributed by atoms with van der Waals surface area (Å²) in [6.45, 7) is 6.65. The Hall–Kier alpha value is -1.95. The molecule has 2 aromatic rings. The maximum absolute atomic E-state index is 13.9. The molecule has 0 amide bonds. The van der Waals surface area contributed by atoms with Crippen LogP contribution in [-0.2, 0) is 17.8 Å². The monoisotopic (exact) mass is 333 g/mol. The highest BCUT2D eigenvalue weighted by Crippen LogP contribution is 2.11. The van der Waals surface area contributed by atoms with Crippen LogP contribution in [0.15, 0.2) is 55.3 Å². The molecule has 0 aliphatic heterocycles.